The van der Waals surface area contributed by atoms with E-state index in [4.69, 9.17) is 0 Å². The number of nitrogens with zero attached hydrogens (tertiary/aromatic N) is 1. The van der Waals surface area contributed by atoms with Crippen LogP contribution in [0, 0.1) is 6.92 Å². The molecule has 1 atom stereocenters. The Morgan fingerprint density at radius 1 is 1.23 bits per heavy atom. The van der Waals surface area contributed by atoms with Crippen LogP contribution in [0.15, 0.2) is 24.3 Å². The molecule has 1 heterocycles. The van der Waals surface area contributed by atoms with Gasteiger partial charge < -0.3 is 0 Å². The van der Waals surface area contributed by atoms with Gasteiger partial charge in [-0.3, -0.25) is 0 Å². The van der Waals surface area contributed by atoms with Crippen molar-refractivity contribution in [2.75, 3.05) is 19.3 Å². The zero-order valence-electron chi connectivity index (χ0n) is 12.8. The molecule has 0 aliphatic carbocycles. The lowest BCUT2D eigenvalue weighted by Gasteiger charge is -2.31. The van der Waals surface area contributed by atoms with E-state index in [2.05, 4.69) is 4.72 Å². The predicted molar refractivity (Wildman–Crippen MR) is 86.4 cm³/mol. The van der Waals surface area contributed by atoms with Gasteiger partial charge in [0.05, 0.1) is 12.0 Å². The van der Waals surface area contributed by atoms with Crippen LogP contribution in [0.3, 0.4) is 0 Å². The average molecular weight is 346 g/mol. The number of rotatable bonds is 5. The van der Waals surface area contributed by atoms with Crippen molar-refractivity contribution in [3.05, 3.63) is 35.4 Å². The van der Waals surface area contributed by atoms with Gasteiger partial charge in [-0.1, -0.05) is 24.3 Å². The van der Waals surface area contributed by atoms with Crippen LogP contribution in [0.25, 0.3) is 0 Å². The molecule has 1 aliphatic rings. The van der Waals surface area contributed by atoms with Crippen molar-refractivity contribution < 1.29 is 16.8 Å². The molecule has 0 saturated carbocycles. The van der Waals surface area contributed by atoms with Gasteiger partial charge in [-0.2, -0.15) is 0 Å². The fraction of sp³-hybridized carbons (Fsp3) is 0.571. The lowest BCUT2D eigenvalue weighted by Crippen LogP contribution is -2.49. The first-order valence-corrected chi connectivity index (χ1v) is 10.7. The molecule has 6 nitrogen and oxygen atoms in total. The summed E-state index contributed by atoms with van der Waals surface area (Å²) < 4.78 is 51.7. The number of benzene rings is 1. The third kappa shape index (κ3) is 4.77. The molecule has 0 unspecified atom stereocenters. The van der Waals surface area contributed by atoms with E-state index >= 15 is 0 Å². The van der Waals surface area contributed by atoms with Crippen LogP contribution >= 0.6 is 0 Å². The molecule has 1 saturated heterocycles. The minimum atomic E-state index is -3.50. The number of aryl methyl sites for hydroxylation is 1. The molecule has 1 aliphatic heterocycles. The Hall–Kier alpha value is -0.960. The van der Waals surface area contributed by atoms with Crippen LogP contribution in [-0.4, -0.2) is 46.5 Å². The quantitative estimate of drug-likeness (QED) is 0.856. The Bertz CT molecular complexity index is 729. The Balaban J connectivity index is 2.04. The van der Waals surface area contributed by atoms with Gasteiger partial charge >= 0.3 is 0 Å². The van der Waals surface area contributed by atoms with Crippen LogP contribution in [-0.2, 0) is 25.8 Å². The molecule has 0 bridgehead atoms. The Morgan fingerprint density at radius 2 is 1.91 bits per heavy atom. The summed E-state index contributed by atoms with van der Waals surface area (Å²) in [4.78, 5) is 0. The summed E-state index contributed by atoms with van der Waals surface area (Å²) in [5.41, 5.74) is 1.68. The van der Waals surface area contributed by atoms with Gasteiger partial charge in [0.2, 0.25) is 20.0 Å². The third-order valence-corrected chi connectivity index (χ3v) is 6.46. The van der Waals surface area contributed by atoms with E-state index in [-0.39, 0.29) is 18.3 Å². The second-order valence-electron chi connectivity index (χ2n) is 5.76. The molecule has 8 heteroatoms. The summed E-state index contributed by atoms with van der Waals surface area (Å²) in [6.07, 6.45) is 2.46. The zero-order valence-corrected chi connectivity index (χ0v) is 14.5. The van der Waals surface area contributed by atoms with E-state index in [1.165, 1.54) is 4.31 Å². The van der Waals surface area contributed by atoms with Crippen LogP contribution in [0.1, 0.15) is 24.0 Å². The number of hydrogen-bond donors (Lipinski definition) is 1. The molecule has 1 aromatic rings. The standard InChI is InChI=1S/C14H22N2O4S2/c1-12-6-3-4-7-13(12)11-22(19,20)15-14-8-5-9-16(10-14)21(2,17)18/h3-4,6-7,14-15H,5,8-11H2,1-2H3/t14-/m0/s1. The van der Waals surface area contributed by atoms with E-state index in [1.54, 1.807) is 6.07 Å². The van der Waals surface area contributed by atoms with Crippen molar-refractivity contribution in [3.63, 3.8) is 0 Å². The van der Waals surface area contributed by atoms with Gasteiger partial charge in [-0.25, -0.2) is 25.9 Å². The maximum absolute atomic E-state index is 12.3. The lowest BCUT2D eigenvalue weighted by molar-refractivity contribution is 0.305. The molecule has 1 fully saturated rings. The molecular weight excluding hydrogens is 324 g/mol. The molecule has 0 radical (unpaired) electrons. The van der Waals surface area contributed by atoms with Gasteiger partial charge in [-0.05, 0) is 30.9 Å². The highest BCUT2D eigenvalue weighted by Crippen LogP contribution is 2.16. The minimum Gasteiger partial charge on any atom is -0.213 e. The van der Waals surface area contributed by atoms with E-state index in [0.717, 1.165) is 17.4 Å². The molecule has 1 aromatic carbocycles. The molecule has 2 rings (SSSR count). The smallest absolute Gasteiger partial charge is 0.213 e. The maximum Gasteiger partial charge on any atom is 0.216 e. The number of piperidine rings is 1. The highest BCUT2D eigenvalue weighted by Gasteiger charge is 2.28. The van der Waals surface area contributed by atoms with Gasteiger partial charge in [-0.15, -0.1) is 0 Å². The van der Waals surface area contributed by atoms with Crippen molar-refractivity contribution in [1.29, 1.82) is 0 Å². The summed E-state index contributed by atoms with van der Waals surface area (Å²) in [6, 6.07) is 6.97. The molecule has 124 valence electrons. The highest BCUT2D eigenvalue weighted by atomic mass is 32.2. The van der Waals surface area contributed by atoms with E-state index in [1.807, 2.05) is 25.1 Å². The first-order chi connectivity index (χ1) is 10.2. The molecular formula is C14H22N2O4S2. The molecule has 0 aromatic heterocycles. The predicted octanol–water partition coefficient (Wildman–Crippen LogP) is 0.838. The number of sulfonamides is 2. The fourth-order valence-electron chi connectivity index (χ4n) is 2.61. The first-order valence-electron chi connectivity index (χ1n) is 7.17. The SMILES string of the molecule is Cc1ccccc1CS(=O)(=O)N[C@H]1CCCN(S(C)(=O)=O)C1. The van der Waals surface area contributed by atoms with E-state index in [0.29, 0.717) is 19.4 Å². The summed E-state index contributed by atoms with van der Waals surface area (Å²) in [7, 11) is -6.78. The van der Waals surface area contributed by atoms with Crippen molar-refractivity contribution in [1.82, 2.24) is 9.03 Å². The average Bonchev–Trinajstić information content (AvgIpc) is 2.40. The molecule has 1 N–H and O–H groups in total. The zero-order chi connectivity index (χ0) is 16.4. The summed E-state index contributed by atoms with van der Waals surface area (Å²) in [5, 5.41) is 0. The largest absolute Gasteiger partial charge is 0.216 e. The van der Waals surface area contributed by atoms with Crippen LogP contribution in [0.5, 0.6) is 0 Å². The lowest BCUT2D eigenvalue weighted by atomic mass is 10.1. The Morgan fingerprint density at radius 3 is 2.55 bits per heavy atom. The van der Waals surface area contributed by atoms with E-state index < -0.39 is 20.0 Å². The summed E-state index contributed by atoms with van der Waals surface area (Å²) in [5.74, 6) is -0.0882. The molecule has 0 amide bonds. The maximum atomic E-state index is 12.3. The van der Waals surface area contributed by atoms with Crippen LogP contribution < -0.4 is 4.72 Å². The van der Waals surface area contributed by atoms with Gasteiger partial charge in [0.1, 0.15) is 0 Å². The van der Waals surface area contributed by atoms with Crippen LogP contribution in [0.2, 0.25) is 0 Å². The monoisotopic (exact) mass is 346 g/mol. The van der Waals surface area contributed by atoms with Gasteiger partial charge in [0.15, 0.2) is 0 Å². The topological polar surface area (TPSA) is 83.6 Å². The Labute approximate surface area is 132 Å². The van der Waals surface area contributed by atoms with Crippen molar-refractivity contribution in [2.45, 2.75) is 31.6 Å². The van der Waals surface area contributed by atoms with Crippen molar-refractivity contribution in [3.8, 4) is 0 Å². The second kappa shape index (κ2) is 6.66. The molecule has 22 heavy (non-hydrogen) atoms. The fourth-order valence-corrected chi connectivity index (χ4v) is 5.04. The summed E-state index contributed by atoms with van der Waals surface area (Å²) >= 11 is 0. The first kappa shape index (κ1) is 17.4. The number of hydrogen-bond acceptors (Lipinski definition) is 4. The van der Waals surface area contributed by atoms with Crippen molar-refractivity contribution >= 4 is 20.0 Å². The van der Waals surface area contributed by atoms with Crippen molar-refractivity contribution in [2.24, 2.45) is 0 Å². The van der Waals surface area contributed by atoms with Gasteiger partial charge in [0.25, 0.3) is 0 Å². The minimum absolute atomic E-state index is 0.0882. The third-order valence-electron chi connectivity index (χ3n) is 3.81. The molecule has 0 spiro atoms. The highest BCUT2D eigenvalue weighted by molar-refractivity contribution is 7.88. The van der Waals surface area contributed by atoms with Gasteiger partial charge in [0, 0.05) is 19.1 Å². The van der Waals surface area contributed by atoms with Crippen LogP contribution in [0.4, 0.5) is 0 Å². The Kier molecular flexibility index (Phi) is 5.26. The van der Waals surface area contributed by atoms with E-state index in [9.17, 15) is 16.8 Å². The summed E-state index contributed by atoms with van der Waals surface area (Å²) in [6.45, 7) is 2.53. The number of nitrogens with one attached hydrogen (secondary N) is 1. The normalized spacial score (nSPS) is 20.9. The second-order valence-corrected chi connectivity index (χ2v) is 9.50.